The molecule has 0 spiro atoms. The second-order valence-electron chi connectivity index (χ2n) is 4.39. The van der Waals surface area contributed by atoms with Crippen LogP contribution in [0, 0.1) is 0 Å². The Morgan fingerprint density at radius 1 is 1.22 bits per heavy atom. The molecule has 0 saturated heterocycles. The molecule has 0 aliphatic heterocycles. The fraction of sp³-hybridized carbons (Fsp3) is 0.909. The van der Waals surface area contributed by atoms with Gasteiger partial charge in [0.05, 0.1) is 13.2 Å². The number of rotatable bonds is 4. The summed E-state index contributed by atoms with van der Waals surface area (Å²) in [5, 5.41) is 3.05. The number of alkyl halides is 3. The molecule has 106 valence electrons. The summed E-state index contributed by atoms with van der Waals surface area (Å²) in [6, 6.07) is 0.291. The Kier molecular flexibility index (Phi) is 6.24. The monoisotopic (exact) mass is 267 g/mol. The molecule has 4 nitrogen and oxygen atoms in total. The molecule has 0 aromatic rings. The number of halogens is 3. The molecule has 0 unspecified atom stereocenters. The van der Waals surface area contributed by atoms with Crippen molar-refractivity contribution in [2.45, 2.75) is 50.9 Å². The van der Waals surface area contributed by atoms with Crippen LogP contribution >= 0.6 is 0 Å². The van der Waals surface area contributed by atoms with Gasteiger partial charge in [-0.1, -0.05) is 25.7 Å². The number of nitrogens with one attached hydrogen (secondary N) is 1. The van der Waals surface area contributed by atoms with Crippen molar-refractivity contribution in [1.29, 1.82) is 0 Å². The zero-order valence-corrected chi connectivity index (χ0v) is 10.3. The maximum Gasteiger partial charge on any atom is 0.522 e. The van der Waals surface area contributed by atoms with E-state index in [2.05, 4.69) is 15.0 Å². The summed E-state index contributed by atoms with van der Waals surface area (Å²) in [5.41, 5.74) is 5.61. The Bertz CT molecular complexity index is 261. The van der Waals surface area contributed by atoms with E-state index >= 15 is 0 Å². The van der Waals surface area contributed by atoms with Crippen LogP contribution < -0.4 is 11.1 Å². The van der Waals surface area contributed by atoms with Crippen LogP contribution in [0.2, 0.25) is 0 Å². The molecule has 1 fully saturated rings. The summed E-state index contributed by atoms with van der Waals surface area (Å²) in [6.07, 6.45) is 2.25. The minimum Gasteiger partial charge on any atom is -0.370 e. The highest BCUT2D eigenvalue weighted by atomic mass is 19.4. The van der Waals surface area contributed by atoms with Gasteiger partial charge in [0.1, 0.15) is 0 Å². The number of aliphatic imine (C=N–C) groups is 1. The molecule has 0 atom stereocenters. The van der Waals surface area contributed by atoms with E-state index in [1.807, 2.05) is 0 Å². The van der Waals surface area contributed by atoms with Crippen LogP contribution in [0.3, 0.4) is 0 Å². The van der Waals surface area contributed by atoms with Crippen molar-refractivity contribution in [3.05, 3.63) is 0 Å². The minimum atomic E-state index is -4.60. The van der Waals surface area contributed by atoms with E-state index in [-0.39, 0.29) is 12.5 Å². The highest BCUT2D eigenvalue weighted by molar-refractivity contribution is 5.78. The Balaban J connectivity index is 2.20. The van der Waals surface area contributed by atoms with Gasteiger partial charge >= 0.3 is 6.36 Å². The maximum absolute atomic E-state index is 11.7. The second kappa shape index (κ2) is 7.45. The molecule has 0 radical (unpaired) electrons. The molecule has 1 saturated carbocycles. The number of nitrogens with zero attached hydrogens (tertiary/aromatic N) is 1. The summed E-state index contributed by atoms with van der Waals surface area (Å²) in [7, 11) is 0. The number of ether oxygens (including phenoxy) is 1. The first-order valence-corrected chi connectivity index (χ1v) is 6.24. The van der Waals surface area contributed by atoms with Gasteiger partial charge in [0.2, 0.25) is 0 Å². The molecule has 0 bridgehead atoms. The summed E-state index contributed by atoms with van der Waals surface area (Å²) in [4.78, 5) is 3.81. The Labute approximate surface area is 105 Å². The number of guanidine groups is 1. The fourth-order valence-electron chi connectivity index (χ4n) is 2.01. The van der Waals surface area contributed by atoms with Crippen molar-refractivity contribution in [2.75, 3.05) is 13.2 Å². The van der Waals surface area contributed by atoms with Crippen LogP contribution in [-0.2, 0) is 4.74 Å². The predicted octanol–water partition coefficient (Wildman–Crippen LogP) is 2.15. The third-order valence-corrected chi connectivity index (χ3v) is 2.85. The SMILES string of the molecule is NC(=NCCOC(F)(F)F)NC1CCCCCC1. The van der Waals surface area contributed by atoms with Gasteiger partial charge in [0.15, 0.2) is 5.96 Å². The number of hydrogen-bond donors (Lipinski definition) is 2. The maximum atomic E-state index is 11.7. The lowest BCUT2D eigenvalue weighted by Crippen LogP contribution is -2.40. The lowest BCUT2D eigenvalue weighted by Gasteiger charge is -2.16. The molecular formula is C11H20F3N3O. The zero-order chi connectivity index (χ0) is 13.4. The van der Waals surface area contributed by atoms with E-state index in [0.717, 1.165) is 25.7 Å². The summed E-state index contributed by atoms with van der Waals surface area (Å²) in [6.45, 7) is -0.596. The first-order chi connectivity index (χ1) is 8.47. The van der Waals surface area contributed by atoms with Crippen molar-refractivity contribution in [1.82, 2.24) is 5.32 Å². The average Bonchev–Trinajstić information content (AvgIpc) is 2.52. The first kappa shape index (κ1) is 15.1. The highest BCUT2D eigenvalue weighted by Crippen LogP contribution is 2.17. The molecule has 3 N–H and O–H groups in total. The molecule has 0 heterocycles. The van der Waals surface area contributed by atoms with E-state index in [1.165, 1.54) is 12.8 Å². The minimum absolute atomic E-state index is 0.0922. The van der Waals surface area contributed by atoms with Crippen molar-refractivity contribution in [3.8, 4) is 0 Å². The molecule has 1 rings (SSSR count). The van der Waals surface area contributed by atoms with Gasteiger partial charge in [-0.25, -0.2) is 0 Å². The molecule has 0 aromatic heterocycles. The quantitative estimate of drug-likeness (QED) is 0.355. The molecule has 7 heteroatoms. The van der Waals surface area contributed by atoms with Crippen LogP contribution in [-0.4, -0.2) is 31.5 Å². The topological polar surface area (TPSA) is 59.6 Å². The molecule has 18 heavy (non-hydrogen) atoms. The third kappa shape index (κ3) is 7.37. The van der Waals surface area contributed by atoms with Crippen molar-refractivity contribution in [3.63, 3.8) is 0 Å². The Morgan fingerprint density at radius 2 is 1.83 bits per heavy atom. The van der Waals surface area contributed by atoms with E-state index in [0.29, 0.717) is 6.04 Å². The van der Waals surface area contributed by atoms with Gasteiger partial charge in [-0.3, -0.25) is 9.73 Å². The molecule has 1 aliphatic carbocycles. The van der Waals surface area contributed by atoms with Crippen molar-refractivity contribution in [2.24, 2.45) is 10.7 Å². The molecule has 0 aromatic carbocycles. The van der Waals surface area contributed by atoms with Crippen LogP contribution in [0.5, 0.6) is 0 Å². The van der Waals surface area contributed by atoms with Crippen LogP contribution in [0.1, 0.15) is 38.5 Å². The predicted molar refractivity (Wildman–Crippen MR) is 63.1 cm³/mol. The normalized spacial score (nSPS) is 19.6. The van der Waals surface area contributed by atoms with Gasteiger partial charge < -0.3 is 11.1 Å². The summed E-state index contributed by atoms with van der Waals surface area (Å²) >= 11 is 0. The first-order valence-electron chi connectivity index (χ1n) is 6.24. The lowest BCUT2D eigenvalue weighted by molar-refractivity contribution is -0.323. The second-order valence-corrected chi connectivity index (χ2v) is 4.39. The molecule has 0 amide bonds. The van der Waals surface area contributed by atoms with E-state index in [1.54, 1.807) is 0 Å². The standard InChI is InChI=1S/C11H20F3N3O/c12-11(13,14)18-8-7-16-10(15)17-9-5-3-1-2-4-6-9/h9H,1-8H2,(H3,15,16,17). The van der Waals surface area contributed by atoms with Crippen LogP contribution in [0.15, 0.2) is 4.99 Å². The molecule has 1 aliphatic rings. The Hall–Kier alpha value is -0.980. The van der Waals surface area contributed by atoms with E-state index in [9.17, 15) is 13.2 Å². The van der Waals surface area contributed by atoms with Gasteiger partial charge in [-0.2, -0.15) is 0 Å². The van der Waals surface area contributed by atoms with E-state index < -0.39 is 13.0 Å². The van der Waals surface area contributed by atoms with Gasteiger partial charge in [0.25, 0.3) is 0 Å². The summed E-state index contributed by atoms with van der Waals surface area (Å²) < 4.78 is 38.6. The largest absolute Gasteiger partial charge is 0.522 e. The van der Waals surface area contributed by atoms with Crippen molar-refractivity contribution < 1.29 is 17.9 Å². The third-order valence-electron chi connectivity index (χ3n) is 2.85. The smallest absolute Gasteiger partial charge is 0.370 e. The van der Waals surface area contributed by atoms with Gasteiger partial charge in [-0.15, -0.1) is 13.2 Å². The lowest BCUT2D eigenvalue weighted by atomic mass is 10.1. The number of nitrogens with two attached hydrogens (primary N) is 1. The summed E-state index contributed by atoms with van der Waals surface area (Å²) in [5.74, 6) is 0.202. The van der Waals surface area contributed by atoms with Crippen molar-refractivity contribution >= 4 is 5.96 Å². The fourth-order valence-corrected chi connectivity index (χ4v) is 2.01. The number of hydrogen-bond acceptors (Lipinski definition) is 2. The molecular weight excluding hydrogens is 247 g/mol. The zero-order valence-electron chi connectivity index (χ0n) is 10.3. The van der Waals surface area contributed by atoms with E-state index in [4.69, 9.17) is 5.73 Å². The Morgan fingerprint density at radius 3 is 2.39 bits per heavy atom. The van der Waals surface area contributed by atoms with Crippen LogP contribution in [0.25, 0.3) is 0 Å². The van der Waals surface area contributed by atoms with Gasteiger partial charge in [0, 0.05) is 6.04 Å². The van der Waals surface area contributed by atoms with Crippen LogP contribution in [0.4, 0.5) is 13.2 Å². The average molecular weight is 267 g/mol. The highest BCUT2D eigenvalue weighted by Gasteiger charge is 2.28. The van der Waals surface area contributed by atoms with Gasteiger partial charge in [-0.05, 0) is 12.8 Å².